The van der Waals surface area contributed by atoms with E-state index in [4.69, 9.17) is 10.8 Å². The highest BCUT2D eigenvalue weighted by Gasteiger charge is 2.30. The van der Waals surface area contributed by atoms with Gasteiger partial charge in [0.2, 0.25) is 17.7 Å². The number of carboxylic acid groups (broad SMARTS) is 1. The molecule has 0 saturated carbocycles. The van der Waals surface area contributed by atoms with E-state index < -0.39 is 60.6 Å². The molecule has 0 fully saturated rings. The summed E-state index contributed by atoms with van der Waals surface area (Å²) in [5, 5.41) is 34.6. The number of carboxylic acids is 1. The highest BCUT2D eigenvalue weighted by molar-refractivity contribution is 5.93. The number of carbonyl (C=O) groups excluding carboxylic acids is 3. The Morgan fingerprint density at radius 2 is 1.42 bits per heavy atom. The van der Waals surface area contributed by atoms with E-state index in [1.165, 1.54) is 13.8 Å². The number of aliphatic hydroxyl groups excluding tert-OH is 2. The van der Waals surface area contributed by atoms with Crippen LogP contribution in [0.25, 0.3) is 0 Å². The van der Waals surface area contributed by atoms with Gasteiger partial charge >= 0.3 is 5.97 Å². The lowest BCUT2D eigenvalue weighted by atomic mass is 10.0. The standard InChI is InChI=1S/C15H28N4O7/c1-6(2)11(15(25)26)18-9(22)5-17-14(24)12(8(4)21)19-13(23)10(16)7(3)20/h6-8,10-12,20-21H,5,16H2,1-4H3,(H,17,24)(H,18,22)(H,19,23)(H,25,26). The molecule has 0 saturated heterocycles. The Labute approximate surface area is 151 Å². The molecule has 0 spiro atoms. The molecule has 0 heterocycles. The molecule has 0 aromatic heterocycles. The van der Waals surface area contributed by atoms with E-state index in [0.29, 0.717) is 0 Å². The number of aliphatic hydroxyl groups is 2. The maximum atomic E-state index is 12.1. The van der Waals surface area contributed by atoms with Crippen molar-refractivity contribution in [1.82, 2.24) is 16.0 Å². The SMILES string of the molecule is CC(C)C(NC(=O)CNC(=O)C(NC(=O)C(N)C(C)O)C(C)O)C(=O)O. The summed E-state index contributed by atoms with van der Waals surface area (Å²) in [6, 6.07) is -3.81. The summed E-state index contributed by atoms with van der Waals surface area (Å²) in [7, 11) is 0. The van der Waals surface area contributed by atoms with Crippen LogP contribution in [0.15, 0.2) is 0 Å². The number of nitrogens with one attached hydrogen (secondary N) is 3. The molecule has 0 rings (SSSR count). The Morgan fingerprint density at radius 3 is 1.81 bits per heavy atom. The van der Waals surface area contributed by atoms with Crippen LogP contribution in [0.2, 0.25) is 0 Å². The van der Waals surface area contributed by atoms with Crippen molar-refractivity contribution in [3.63, 3.8) is 0 Å². The van der Waals surface area contributed by atoms with Crippen LogP contribution in [-0.4, -0.2) is 75.9 Å². The molecule has 8 N–H and O–H groups in total. The van der Waals surface area contributed by atoms with Crippen LogP contribution < -0.4 is 21.7 Å². The highest BCUT2D eigenvalue weighted by Crippen LogP contribution is 2.01. The molecule has 26 heavy (non-hydrogen) atoms. The average molecular weight is 376 g/mol. The predicted octanol–water partition coefficient (Wildman–Crippen LogP) is -3.10. The summed E-state index contributed by atoms with van der Waals surface area (Å²) in [6.07, 6.45) is -2.46. The van der Waals surface area contributed by atoms with Gasteiger partial charge in [0.05, 0.1) is 18.8 Å². The second-order valence-electron chi connectivity index (χ2n) is 6.34. The van der Waals surface area contributed by atoms with Crippen LogP contribution in [0.5, 0.6) is 0 Å². The quantitative estimate of drug-likeness (QED) is 0.208. The number of hydrogen-bond acceptors (Lipinski definition) is 7. The summed E-state index contributed by atoms with van der Waals surface area (Å²) < 4.78 is 0. The van der Waals surface area contributed by atoms with Crippen LogP contribution >= 0.6 is 0 Å². The zero-order valence-electron chi connectivity index (χ0n) is 15.2. The summed E-state index contributed by atoms with van der Waals surface area (Å²) >= 11 is 0. The molecule has 5 unspecified atom stereocenters. The van der Waals surface area contributed by atoms with E-state index in [-0.39, 0.29) is 5.92 Å². The summed E-state index contributed by atoms with van der Waals surface area (Å²) in [5.74, 6) is -4.02. The van der Waals surface area contributed by atoms with E-state index in [0.717, 1.165) is 0 Å². The average Bonchev–Trinajstić information content (AvgIpc) is 2.53. The monoisotopic (exact) mass is 376 g/mol. The fourth-order valence-corrected chi connectivity index (χ4v) is 1.89. The summed E-state index contributed by atoms with van der Waals surface area (Å²) in [6.45, 7) is 5.22. The molecule has 5 atom stereocenters. The van der Waals surface area contributed by atoms with E-state index in [1.54, 1.807) is 13.8 Å². The van der Waals surface area contributed by atoms with E-state index in [9.17, 15) is 29.4 Å². The van der Waals surface area contributed by atoms with Crippen molar-refractivity contribution in [2.45, 2.75) is 58.0 Å². The van der Waals surface area contributed by atoms with Crippen LogP contribution in [0.4, 0.5) is 0 Å². The fourth-order valence-electron chi connectivity index (χ4n) is 1.89. The summed E-state index contributed by atoms with van der Waals surface area (Å²) in [5.41, 5.74) is 5.45. The molecular weight excluding hydrogens is 348 g/mol. The number of aliphatic carboxylic acids is 1. The van der Waals surface area contributed by atoms with Crippen molar-refractivity contribution >= 4 is 23.7 Å². The number of amides is 3. The minimum Gasteiger partial charge on any atom is -0.480 e. The van der Waals surface area contributed by atoms with Gasteiger partial charge in [-0.2, -0.15) is 0 Å². The lowest BCUT2D eigenvalue weighted by Gasteiger charge is -2.24. The van der Waals surface area contributed by atoms with Crippen LogP contribution in [-0.2, 0) is 19.2 Å². The first kappa shape index (κ1) is 23.8. The Bertz CT molecular complexity index is 522. The smallest absolute Gasteiger partial charge is 0.326 e. The second-order valence-corrected chi connectivity index (χ2v) is 6.34. The minimum absolute atomic E-state index is 0.362. The number of carbonyl (C=O) groups is 4. The third-order valence-electron chi connectivity index (χ3n) is 3.56. The van der Waals surface area contributed by atoms with Crippen molar-refractivity contribution in [2.75, 3.05) is 6.54 Å². The molecule has 150 valence electrons. The van der Waals surface area contributed by atoms with E-state index in [2.05, 4.69) is 16.0 Å². The number of rotatable bonds is 10. The number of hydrogen-bond donors (Lipinski definition) is 7. The summed E-state index contributed by atoms with van der Waals surface area (Å²) in [4.78, 5) is 46.7. The second kappa shape index (κ2) is 10.7. The highest BCUT2D eigenvalue weighted by atomic mass is 16.4. The fraction of sp³-hybridized carbons (Fsp3) is 0.733. The van der Waals surface area contributed by atoms with Crippen LogP contribution in [0.1, 0.15) is 27.7 Å². The molecule has 0 aliphatic carbocycles. The Morgan fingerprint density at radius 1 is 0.885 bits per heavy atom. The third-order valence-corrected chi connectivity index (χ3v) is 3.56. The molecule has 11 heteroatoms. The van der Waals surface area contributed by atoms with Crippen molar-refractivity contribution < 1.29 is 34.5 Å². The molecule has 0 aliphatic rings. The minimum atomic E-state index is -1.40. The molecule has 0 aliphatic heterocycles. The largest absolute Gasteiger partial charge is 0.480 e. The molecule has 0 aromatic carbocycles. The van der Waals surface area contributed by atoms with Crippen molar-refractivity contribution in [2.24, 2.45) is 11.7 Å². The van der Waals surface area contributed by atoms with Crippen molar-refractivity contribution in [3.05, 3.63) is 0 Å². The van der Waals surface area contributed by atoms with Crippen LogP contribution in [0, 0.1) is 5.92 Å². The normalized spacial score (nSPS) is 16.8. The van der Waals surface area contributed by atoms with Gasteiger partial charge in [-0.25, -0.2) is 4.79 Å². The van der Waals surface area contributed by atoms with Gasteiger partial charge in [-0.15, -0.1) is 0 Å². The molecular formula is C15H28N4O7. The zero-order chi connectivity index (χ0) is 20.6. The topological polar surface area (TPSA) is 191 Å². The molecule has 3 amide bonds. The van der Waals surface area contributed by atoms with Crippen LogP contribution in [0.3, 0.4) is 0 Å². The molecule has 11 nitrogen and oxygen atoms in total. The van der Waals surface area contributed by atoms with Gasteiger partial charge in [0.1, 0.15) is 18.1 Å². The van der Waals surface area contributed by atoms with Gasteiger partial charge in [0, 0.05) is 0 Å². The van der Waals surface area contributed by atoms with Crippen molar-refractivity contribution in [3.8, 4) is 0 Å². The molecule has 0 bridgehead atoms. The molecule has 0 aromatic rings. The van der Waals surface area contributed by atoms with E-state index >= 15 is 0 Å². The maximum absolute atomic E-state index is 12.1. The first-order chi connectivity index (χ1) is 11.9. The first-order valence-corrected chi connectivity index (χ1v) is 8.10. The van der Waals surface area contributed by atoms with Gasteiger partial charge < -0.3 is 37.0 Å². The Hall–Kier alpha value is -2.24. The lowest BCUT2D eigenvalue weighted by Crippen LogP contribution is -2.58. The first-order valence-electron chi connectivity index (χ1n) is 8.10. The Kier molecular flexibility index (Phi) is 9.76. The van der Waals surface area contributed by atoms with Gasteiger partial charge in [0.15, 0.2) is 0 Å². The van der Waals surface area contributed by atoms with Gasteiger partial charge in [-0.1, -0.05) is 13.8 Å². The van der Waals surface area contributed by atoms with E-state index in [1.807, 2.05) is 0 Å². The van der Waals surface area contributed by atoms with Crippen molar-refractivity contribution in [1.29, 1.82) is 0 Å². The third kappa shape index (κ3) is 7.76. The predicted molar refractivity (Wildman–Crippen MR) is 90.7 cm³/mol. The lowest BCUT2D eigenvalue weighted by molar-refractivity contribution is -0.143. The number of nitrogens with two attached hydrogens (primary N) is 1. The van der Waals surface area contributed by atoms with Gasteiger partial charge in [0.25, 0.3) is 0 Å². The zero-order valence-corrected chi connectivity index (χ0v) is 15.2. The van der Waals surface area contributed by atoms with Gasteiger partial charge in [-0.05, 0) is 19.8 Å². The van der Waals surface area contributed by atoms with Gasteiger partial charge in [-0.3, -0.25) is 14.4 Å². The molecule has 0 radical (unpaired) electrons. The Balaban J connectivity index is 4.75. The maximum Gasteiger partial charge on any atom is 0.326 e.